The van der Waals surface area contributed by atoms with Crippen LogP contribution in [0.15, 0.2) is 192 Å². The van der Waals surface area contributed by atoms with Gasteiger partial charge in [-0.1, -0.05) is 140 Å². The Morgan fingerprint density at radius 1 is 0.382 bits per heavy atom. The van der Waals surface area contributed by atoms with Crippen LogP contribution in [0.4, 0.5) is 17.1 Å². The molecular weight excluding hydrogens is 687 g/mol. The summed E-state index contributed by atoms with van der Waals surface area (Å²) in [7, 11) is 0. The van der Waals surface area contributed by atoms with Crippen LogP contribution in [-0.4, -0.2) is 0 Å². The van der Waals surface area contributed by atoms with Gasteiger partial charge in [-0.15, -0.1) is 11.3 Å². The maximum absolute atomic E-state index is 6.46. The highest BCUT2D eigenvalue weighted by Crippen LogP contribution is 2.47. The first-order valence-electron chi connectivity index (χ1n) is 18.8. The Bertz CT molecular complexity index is 3470. The van der Waals surface area contributed by atoms with Crippen molar-refractivity contribution in [2.75, 3.05) is 4.90 Å². The molecule has 0 spiro atoms. The van der Waals surface area contributed by atoms with Crippen LogP contribution in [0.3, 0.4) is 0 Å². The van der Waals surface area contributed by atoms with E-state index in [4.69, 9.17) is 4.42 Å². The molecule has 0 amide bonds. The lowest BCUT2D eigenvalue weighted by atomic mass is 9.91. The molecule has 0 atom stereocenters. The van der Waals surface area contributed by atoms with Gasteiger partial charge in [0, 0.05) is 53.6 Å². The van der Waals surface area contributed by atoms with Gasteiger partial charge >= 0.3 is 0 Å². The van der Waals surface area contributed by atoms with Crippen LogP contribution in [-0.2, 0) is 0 Å². The van der Waals surface area contributed by atoms with E-state index < -0.39 is 0 Å². The molecule has 0 aliphatic rings. The zero-order chi connectivity index (χ0) is 36.0. The molecule has 0 unspecified atom stereocenters. The second-order valence-electron chi connectivity index (χ2n) is 14.4. The van der Waals surface area contributed by atoms with Gasteiger partial charge in [-0.25, -0.2) is 0 Å². The highest BCUT2D eigenvalue weighted by Gasteiger charge is 2.19. The van der Waals surface area contributed by atoms with Gasteiger partial charge in [0.15, 0.2) is 0 Å². The van der Waals surface area contributed by atoms with Gasteiger partial charge in [-0.2, -0.15) is 0 Å². The molecule has 0 fully saturated rings. The molecule has 0 radical (unpaired) electrons. The van der Waals surface area contributed by atoms with Crippen LogP contribution in [0, 0.1) is 0 Å². The standard InChI is InChI=1S/C52H31NOS/c1-2-13-34(14-3-1)53(35-15-10-12-32(30-35)37-21-11-22-45-42-19-8-9-23-47(42)54-51(37)45)36-25-27-38-33(31-36)24-26-46-50-48(55-52(38)46)29-28-44-41-18-5-4-16-39(41)40-17-6-7-20-43(40)49(44)50/h1-31H. The first-order chi connectivity index (χ1) is 27.3. The van der Waals surface area contributed by atoms with Crippen LogP contribution in [0.2, 0.25) is 0 Å². The molecule has 12 rings (SSSR count). The van der Waals surface area contributed by atoms with E-state index in [1.807, 2.05) is 23.5 Å². The van der Waals surface area contributed by atoms with Crippen molar-refractivity contribution in [2.24, 2.45) is 0 Å². The monoisotopic (exact) mass is 717 g/mol. The van der Waals surface area contributed by atoms with Crippen molar-refractivity contribution in [3.05, 3.63) is 188 Å². The summed E-state index contributed by atoms with van der Waals surface area (Å²) in [5.41, 5.74) is 7.33. The normalized spacial score (nSPS) is 12.0. The summed E-state index contributed by atoms with van der Waals surface area (Å²) in [5, 5.41) is 15.3. The minimum Gasteiger partial charge on any atom is -0.455 e. The van der Waals surface area contributed by atoms with Gasteiger partial charge in [0.1, 0.15) is 11.2 Å². The number of para-hydroxylation sites is 3. The van der Waals surface area contributed by atoms with Gasteiger partial charge in [0.2, 0.25) is 0 Å². The van der Waals surface area contributed by atoms with Crippen molar-refractivity contribution in [3.8, 4) is 11.1 Å². The minimum atomic E-state index is 0.908. The van der Waals surface area contributed by atoms with Crippen molar-refractivity contribution in [1.29, 1.82) is 0 Å². The first-order valence-corrected chi connectivity index (χ1v) is 19.6. The van der Waals surface area contributed by atoms with E-state index in [9.17, 15) is 0 Å². The summed E-state index contributed by atoms with van der Waals surface area (Å²) in [6.45, 7) is 0. The molecule has 55 heavy (non-hydrogen) atoms. The molecule has 2 heterocycles. The average Bonchev–Trinajstić information content (AvgIpc) is 3.83. The van der Waals surface area contributed by atoms with Crippen molar-refractivity contribution >= 4 is 114 Å². The molecule has 0 aliphatic carbocycles. The van der Waals surface area contributed by atoms with Crippen LogP contribution in [0.1, 0.15) is 0 Å². The molecule has 0 N–H and O–H groups in total. The second-order valence-corrected chi connectivity index (χ2v) is 15.5. The number of hydrogen-bond donors (Lipinski definition) is 0. The Kier molecular flexibility index (Phi) is 6.54. The molecule has 12 aromatic rings. The van der Waals surface area contributed by atoms with E-state index in [1.54, 1.807) is 0 Å². The Hall–Kier alpha value is -6.94. The lowest BCUT2D eigenvalue weighted by Crippen LogP contribution is -2.09. The predicted octanol–water partition coefficient (Wildman–Crippen LogP) is 15.7. The van der Waals surface area contributed by atoms with Gasteiger partial charge in [-0.05, 0) is 97.2 Å². The number of hydrogen-bond acceptors (Lipinski definition) is 3. The van der Waals surface area contributed by atoms with E-state index in [-0.39, 0.29) is 0 Å². The van der Waals surface area contributed by atoms with Crippen molar-refractivity contribution in [3.63, 3.8) is 0 Å². The van der Waals surface area contributed by atoms with Crippen LogP contribution in [0.5, 0.6) is 0 Å². The fourth-order valence-electron chi connectivity index (χ4n) is 8.98. The Balaban J connectivity index is 1.04. The van der Waals surface area contributed by atoms with Gasteiger partial charge in [-0.3, -0.25) is 0 Å². The first kappa shape index (κ1) is 30.5. The van der Waals surface area contributed by atoms with Gasteiger partial charge < -0.3 is 9.32 Å². The molecule has 2 nitrogen and oxygen atoms in total. The molecule has 0 saturated carbocycles. The fraction of sp³-hybridized carbons (Fsp3) is 0. The third kappa shape index (κ3) is 4.54. The van der Waals surface area contributed by atoms with E-state index in [0.717, 1.165) is 50.1 Å². The molecular formula is C52H31NOS. The Morgan fingerprint density at radius 2 is 1.00 bits per heavy atom. The van der Waals surface area contributed by atoms with Crippen molar-refractivity contribution < 1.29 is 4.42 Å². The zero-order valence-corrected chi connectivity index (χ0v) is 30.5. The number of nitrogens with zero attached hydrogens (tertiary/aromatic N) is 1. The second kappa shape index (κ2) is 11.8. The zero-order valence-electron chi connectivity index (χ0n) is 29.7. The largest absolute Gasteiger partial charge is 0.455 e. The number of fused-ring (bicyclic) bond motifs is 15. The van der Waals surface area contributed by atoms with E-state index in [0.29, 0.717) is 0 Å². The molecule has 3 heteroatoms. The van der Waals surface area contributed by atoms with Crippen LogP contribution in [0.25, 0.3) is 96.3 Å². The fourth-order valence-corrected chi connectivity index (χ4v) is 10.2. The highest BCUT2D eigenvalue weighted by atomic mass is 32.1. The highest BCUT2D eigenvalue weighted by molar-refractivity contribution is 7.27. The van der Waals surface area contributed by atoms with Gasteiger partial charge in [0.05, 0.1) is 0 Å². The third-order valence-corrected chi connectivity index (χ3v) is 12.6. The van der Waals surface area contributed by atoms with Crippen molar-refractivity contribution in [1.82, 2.24) is 0 Å². The summed E-state index contributed by atoms with van der Waals surface area (Å²) >= 11 is 1.91. The third-order valence-electron chi connectivity index (χ3n) is 11.4. The van der Waals surface area contributed by atoms with E-state index in [2.05, 4.69) is 181 Å². The number of rotatable bonds is 4. The molecule has 256 valence electrons. The molecule has 0 saturated heterocycles. The topological polar surface area (TPSA) is 16.4 Å². The van der Waals surface area contributed by atoms with E-state index in [1.165, 1.54) is 63.3 Å². The maximum Gasteiger partial charge on any atom is 0.143 e. The van der Waals surface area contributed by atoms with Gasteiger partial charge in [0.25, 0.3) is 0 Å². The summed E-state index contributed by atoms with van der Waals surface area (Å²) in [4.78, 5) is 2.36. The molecule has 10 aromatic carbocycles. The molecule has 0 bridgehead atoms. The number of furan rings is 1. The Morgan fingerprint density at radius 3 is 1.84 bits per heavy atom. The summed E-state index contributed by atoms with van der Waals surface area (Å²) in [6.07, 6.45) is 0. The number of benzene rings is 10. The number of anilines is 3. The average molecular weight is 718 g/mol. The lowest BCUT2D eigenvalue weighted by Gasteiger charge is -2.26. The van der Waals surface area contributed by atoms with Crippen LogP contribution < -0.4 is 4.90 Å². The van der Waals surface area contributed by atoms with E-state index >= 15 is 0 Å². The molecule has 0 aliphatic heterocycles. The van der Waals surface area contributed by atoms with Crippen molar-refractivity contribution in [2.45, 2.75) is 0 Å². The number of thiophene rings is 1. The maximum atomic E-state index is 6.46. The quantitative estimate of drug-likeness (QED) is 0.169. The smallest absolute Gasteiger partial charge is 0.143 e. The molecule has 2 aromatic heterocycles. The summed E-state index contributed by atoms with van der Waals surface area (Å²) in [5.74, 6) is 0. The Labute approximate surface area is 320 Å². The minimum absolute atomic E-state index is 0.908. The SMILES string of the molecule is c1ccc(N(c2cccc(-c3cccc4c3oc3ccccc34)c2)c2ccc3c(ccc4c3sc3ccc5c6ccccc6c6ccccc6c5c34)c2)cc1. The summed E-state index contributed by atoms with van der Waals surface area (Å²) in [6, 6.07) is 68.3. The van der Waals surface area contributed by atoms with Crippen LogP contribution >= 0.6 is 11.3 Å². The predicted molar refractivity (Wildman–Crippen MR) is 237 cm³/mol. The lowest BCUT2D eigenvalue weighted by molar-refractivity contribution is 0.670. The summed E-state index contributed by atoms with van der Waals surface area (Å²) < 4.78 is 9.11.